The van der Waals surface area contributed by atoms with Gasteiger partial charge >= 0.3 is 0 Å². The lowest BCUT2D eigenvalue weighted by Gasteiger charge is -2.16. The first-order valence-corrected chi connectivity index (χ1v) is 3.98. The molecule has 0 aromatic carbocycles. The number of nitrogens with two attached hydrogens (primary N) is 1. The molecule has 1 amide bonds. The van der Waals surface area contributed by atoms with Crippen LogP contribution < -0.4 is 11.1 Å². The smallest absolute Gasteiger partial charge is 0.219 e. The maximum atomic E-state index is 10.9. The van der Waals surface area contributed by atoms with Gasteiger partial charge < -0.3 is 11.1 Å². The average molecular weight is 172 g/mol. The van der Waals surface area contributed by atoms with Crippen molar-refractivity contribution in [1.82, 2.24) is 5.32 Å². The number of carbonyl (C=O) groups is 2. The van der Waals surface area contributed by atoms with Crippen LogP contribution in [-0.4, -0.2) is 23.8 Å². The van der Waals surface area contributed by atoms with E-state index in [2.05, 4.69) is 5.32 Å². The van der Waals surface area contributed by atoms with Gasteiger partial charge in [-0.2, -0.15) is 0 Å². The van der Waals surface area contributed by atoms with E-state index < -0.39 is 11.9 Å². The Kier molecular flexibility index (Phi) is 4.51. The third-order valence-corrected chi connectivity index (χ3v) is 1.43. The molecule has 0 spiro atoms. The van der Waals surface area contributed by atoms with Crippen LogP contribution in [0.5, 0.6) is 0 Å². The molecular weight excluding hydrogens is 156 g/mol. The molecule has 1 atom stereocenters. The minimum atomic E-state index is -0.455. The highest BCUT2D eigenvalue weighted by molar-refractivity contribution is 5.87. The van der Waals surface area contributed by atoms with Crippen molar-refractivity contribution in [3.63, 3.8) is 0 Å². The second kappa shape index (κ2) is 4.87. The summed E-state index contributed by atoms with van der Waals surface area (Å²) in [7, 11) is 0. The molecular formula is C8H16N2O2. The van der Waals surface area contributed by atoms with Crippen molar-refractivity contribution in [2.75, 3.05) is 0 Å². The van der Waals surface area contributed by atoms with Crippen LogP contribution in [0.3, 0.4) is 0 Å². The Balaban J connectivity index is 4.04. The number of nitrogens with one attached hydrogen (secondary N) is 1. The minimum Gasteiger partial charge on any atom is -0.370 e. The normalized spacial score (nSPS) is 13.0. The van der Waals surface area contributed by atoms with Crippen molar-refractivity contribution in [2.24, 2.45) is 5.73 Å². The number of hydrogen-bond acceptors (Lipinski definition) is 3. The fourth-order valence-electron chi connectivity index (χ4n) is 0.924. The van der Waals surface area contributed by atoms with E-state index in [9.17, 15) is 9.59 Å². The van der Waals surface area contributed by atoms with Gasteiger partial charge in [0.1, 0.15) is 5.78 Å². The second-order valence-electron chi connectivity index (χ2n) is 3.16. The summed E-state index contributed by atoms with van der Waals surface area (Å²) in [5.74, 6) is -0.508. The van der Waals surface area contributed by atoms with E-state index in [1.54, 1.807) is 0 Å². The Hall–Kier alpha value is -0.900. The molecule has 4 nitrogen and oxygen atoms in total. The van der Waals surface area contributed by atoms with Gasteiger partial charge in [-0.1, -0.05) is 13.8 Å². The van der Waals surface area contributed by atoms with Gasteiger partial charge in [0.15, 0.2) is 0 Å². The number of hydrogen-bond donors (Lipinski definition) is 2. The molecule has 0 bridgehead atoms. The van der Waals surface area contributed by atoms with Crippen LogP contribution in [0.15, 0.2) is 0 Å². The molecule has 1 unspecified atom stereocenters. The molecule has 70 valence electrons. The van der Waals surface area contributed by atoms with E-state index in [4.69, 9.17) is 5.73 Å². The lowest BCUT2D eigenvalue weighted by atomic mass is 10.1. The monoisotopic (exact) mass is 172 g/mol. The molecule has 0 rings (SSSR count). The summed E-state index contributed by atoms with van der Waals surface area (Å²) in [4.78, 5) is 21.5. The zero-order valence-corrected chi connectivity index (χ0v) is 7.76. The van der Waals surface area contributed by atoms with Crippen LogP contribution in [0.2, 0.25) is 0 Å². The molecule has 0 aliphatic rings. The summed E-state index contributed by atoms with van der Waals surface area (Å²) in [5.41, 5.74) is 4.98. The third kappa shape index (κ3) is 4.85. The maximum Gasteiger partial charge on any atom is 0.219 e. The molecule has 0 aliphatic heterocycles. The van der Waals surface area contributed by atoms with Crippen LogP contribution in [0.1, 0.15) is 27.2 Å². The van der Waals surface area contributed by atoms with Gasteiger partial charge in [-0.05, 0) is 6.92 Å². The number of primary amides is 1. The Labute approximate surface area is 72.5 Å². The van der Waals surface area contributed by atoms with Crippen LogP contribution in [0.25, 0.3) is 0 Å². The van der Waals surface area contributed by atoms with E-state index in [0.717, 1.165) is 0 Å². The number of amides is 1. The SMILES string of the molecule is CC(=O)C(CC(N)=O)NC(C)C. The van der Waals surface area contributed by atoms with Crippen LogP contribution in [0.4, 0.5) is 0 Å². The Morgan fingerprint density at radius 1 is 1.42 bits per heavy atom. The van der Waals surface area contributed by atoms with E-state index in [-0.39, 0.29) is 18.2 Å². The molecule has 0 aromatic rings. The Morgan fingerprint density at radius 3 is 2.17 bits per heavy atom. The molecule has 0 saturated heterocycles. The zero-order chi connectivity index (χ0) is 9.72. The lowest BCUT2D eigenvalue weighted by Crippen LogP contribution is -2.42. The first kappa shape index (κ1) is 11.1. The number of rotatable bonds is 5. The predicted octanol–water partition coefficient (Wildman–Crippen LogP) is -0.183. The molecule has 0 fully saturated rings. The summed E-state index contributed by atoms with van der Waals surface area (Å²) in [6.45, 7) is 5.27. The standard InChI is InChI=1S/C8H16N2O2/c1-5(2)10-7(6(3)11)4-8(9)12/h5,7,10H,4H2,1-3H3,(H2,9,12). The summed E-state index contributed by atoms with van der Waals surface area (Å²) < 4.78 is 0. The van der Waals surface area contributed by atoms with Crippen molar-refractivity contribution in [3.8, 4) is 0 Å². The minimum absolute atomic E-state index is 0.0532. The summed E-state index contributed by atoms with van der Waals surface area (Å²) in [5, 5.41) is 2.96. The highest BCUT2D eigenvalue weighted by Crippen LogP contribution is 1.95. The van der Waals surface area contributed by atoms with Gasteiger partial charge in [-0.25, -0.2) is 0 Å². The largest absolute Gasteiger partial charge is 0.370 e. The fraction of sp³-hybridized carbons (Fsp3) is 0.750. The molecule has 12 heavy (non-hydrogen) atoms. The predicted molar refractivity (Wildman–Crippen MR) is 46.6 cm³/mol. The van der Waals surface area contributed by atoms with Gasteiger partial charge in [0, 0.05) is 12.5 Å². The van der Waals surface area contributed by atoms with E-state index in [0.29, 0.717) is 0 Å². The quantitative estimate of drug-likeness (QED) is 0.604. The summed E-state index contributed by atoms with van der Waals surface area (Å²) >= 11 is 0. The van der Waals surface area contributed by atoms with Gasteiger partial charge in [-0.15, -0.1) is 0 Å². The average Bonchev–Trinajstić information content (AvgIpc) is 1.83. The first-order chi connectivity index (χ1) is 5.43. The number of carbonyl (C=O) groups excluding carboxylic acids is 2. The molecule has 0 heterocycles. The number of Topliss-reactive ketones (excluding diaryl/α,β-unsaturated/α-hetero) is 1. The summed E-state index contributed by atoms with van der Waals surface area (Å²) in [6, 6.07) is -0.249. The Bertz CT molecular complexity index is 178. The lowest BCUT2D eigenvalue weighted by molar-refractivity contribution is -0.124. The van der Waals surface area contributed by atoms with Crippen molar-refractivity contribution < 1.29 is 9.59 Å². The molecule has 0 aromatic heterocycles. The van der Waals surface area contributed by atoms with Crippen molar-refractivity contribution in [1.29, 1.82) is 0 Å². The molecule has 0 radical (unpaired) electrons. The fourth-order valence-corrected chi connectivity index (χ4v) is 0.924. The zero-order valence-electron chi connectivity index (χ0n) is 7.76. The van der Waals surface area contributed by atoms with Crippen molar-refractivity contribution in [3.05, 3.63) is 0 Å². The summed E-state index contributed by atoms with van der Waals surface area (Å²) in [6.07, 6.45) is 0.0769. The van der Waals surface area contributed by atoms with Crippen LogP contribution in [-0.2, 0) is 9.59 Å². The van der Waals surface area contributed by atoms with E-state index in [1.807, 2.05) is 13.8 Å². The van der Waals surface area contributed by atoms with E-state index in [1.165, 1.54) is 6.92 Å². The Morgan fingerprint density at radius 2 is 1.92 bits per heavy atom. The molecule has 3 N–H and O–H groups in total. The van der Waals surface area contributed by atoms with Gasteiger partial charge in [0.25, 0.3) is 0 Å². The van der Waals surface area contributed by atoms with Crippen LogP contribution >= 0.6 is 0 Å². The molecule has 4 heteroatoms. The second-order valence-corrected chi connectivity index (χ2v) is 3.16. The van der Waals surface area contributed by atoms with Crippen molar-refractivity contribution >= 4 is 11.7 Å². The van der Waals surface area contributed by atoms with Gasteiger partial charge in [0.05, 0.1) is 6.04 Å². The van der Waals surface area contributed by atoms with Crippen molar-refractivity contribution in [2.45, 2.75) is 39.3 Å². The third-order valence-electron chi connectivity index (χ3n) is 1.43. The highest BCUT2D eigenvalue weighted by atomic mass is 16.1. The first-order valence-electron chi connectivity index (χ1n) is 3.98. The van der Waals surface area contributed by atoms with Crippen LogP contribution in [0, 0.1) is 0 Å². The molecule has 0 saturated carbocycles. The highest BCUT2D eigenvalue weighted by Gasteiger charge is 2.16. The number of ketones is 1. The van der Waals surface area contributed by atoms with E-state index >= 15 is 0 Å². The van der Waals surface area contributed by atoms with Gasteiger partial charge in [0.2, 0.25) is 5.91 Å². The van der Waals surface area contributed by atoms with Gasteiger partial charge in [-0.3, -0.25) is 9.59 Å². The molecule has 0 aliphatic carbocycles. The maximum absolute atomic E-state index is 10.9. The topological polar surface area (TPSA) is 72.2 Å².